The second-order valence-corrected chi connectivity index (χ2v) is 4.78. The smallest absolute Gasteiger partial charge is 0.133 e. The molecule has 1 aromatic heterocycles. The first-order valence-corrected chi connectivity index (χ1v) is 6.39. The lowest BCUT2D eigenvalue weighted by Crippen LogP contribution is -1.91. The van der Waals surface area contributed by atoms with E-state index >= 15 is 0 Å². The molecule has 0 amide bonds. The zero-order valence-electron chi connectivity index (χ0n) is 11.2. The summed E-state index contributed by atoms with van der Waals surface area (Å²) in [6.45, 7) is 0. The van der Waals surface area contributed by atoms with Crippen molar-refractivity contribution in [2.24, 2.45) is 7.05 Å². The number of nitrogen functional groups attached to an aromatic ring is 2. The molecule has 100 valence electrons. The van der Waals surface area contributed by atoms with Gasteiger partial charge in [0.2, 0.25) is 0 Å². The number of nitrogens with two attached hydrogens (primary N) is 2. The van der Waals surface area contributed by atoms with Crippen molar-refractivity contribution in [3.8, 4) is 0 Å². The maximum atomic E-state index is 5.78. The van der Waals surface area contributed by atoms with Gasteiger partial charge in [-0.15, -0.1) is 0 Å². The van der Waals surface area contributed by atoms with Crippen LogP contribution in [0.5, 0.6) is 0 Å². The van der Waals surface area contributed by atoms with E-state index in [0.717, 1.165) is 33.8 Å². The Labute approximate surface area is 117 Å². The van der Waals surface area contributed by atoms with Crippen molar-refractivity contribution < 1.29 is 0 Å². The van der Waals surface area contributed by atoms with Gasteiger partial charge in [0.15, 0.2) is 0 Å². The fourth-order valence-corrected chi connectivity index (χ4v) is 2.16. The topological polar surface area (TPSA) is 69.9 Å². The van der Waals surface area contributed by atoms with E-state index in [2.05, 4.69) is 4.98 Å². The second kappa shape index (κ2) is 4.74. The molecule has 0 unspecified atom stereocenters. The van der Waals surface area contributed by atoms with E-state index in [1.807, 2.05) is 66.2 Å². The molecule has 4 nitrogen and oxygen atoms in total. The number of aromatic nitrogens is 2. The molecule has 2 aromatic carbocycles. The quantitative estimate of drug-likeness (QED) is 0.699. The van der Waals surface area contributed by atoms with Crippen LogP contribution in [0.25, 0.3) is 23.2 Å². The summed E-state index contributed by atoms with van der Waals surface area (Å²) < 4.78 is 2.04. The molecule has 0 spiro atoms. The Morgan fingerprint density at radius 3 is 2.40 bits per heavy atom. The molecule has 0 saturated carbocycles. The van der Waals surface area contributed by atoms with Gasteiger partial charge >= 0.3 is 0 Å². The van der Waals surface area contributed by atoms with E-state index in [1.54, 1.807) is 0 Å². The minimum absolute atomic E-state index is 0.727. The van der Waals surface area contributed by atoms with E-state index in [4.69, 9.17) is 11.5 Å². The molecule has 3 aromatic rings. The number of rotatable bonds is 2. The fraction of sp³-hybridized carbons (Fsp3) is 0.0625. The number of hydrogen-bond acceptors (Lipinski definition) is 3. The molecule has 0 radical (unpaired) electrons. The number of aryl methyl sites for hydroxylation is 1. The molecule has 0 aliphatic heterocycles. The number of imidazole rings is 1. The Morgan fingerprint density at radius 1 is 0.950 bits per heavy atom. The van der Waals surface area contributed by atoms with Crippen LogP contribution in [0, 0.1) is 0 Å². The molecular formula is C16H16N4. The number of fused-ring (bicyclic) bond motifs is 1. The fourth-order valence-electron chi connectivity index (χ4n) is 2.16. The van der Waals surface area contributed by atoms with Crippen LogP contribution in [-0.2, 0) is 7.05 Å². The molecule has 4 N–H and O–H groups in total. The first kappa shape index (κ1) is 12.3. The van der Waals surface area contributed by atoms with Crippen LogP contribution < -0.4 is 11.5 Å². The van der Waals surface area contributed by atoms with Gasteiger partial charge in [0.05, 0.1) is 11.0 Å². The van der Waals surface area contributed by atoms with Gasteiger partial charge in [-0.3, -0.25) is 0 Å². The summed E-state index contributed by atoms with van der Waals surface area (Å²) in [5.41, 5.74) is 16.0. The van der Waals surface area contributed by atoms with Crippen LogP contribution in [0.4, 0.5) is 11.4 Å². The monoisotopic (exact) mass is 264 g/mol. The summed E-state index contributed by atoms with van der Waals surface area (Å²) in [7, 11) is 1.99. The third-order valence-corrected chi connectivity index (χ3v) is 3.30. The lowest BCUT2D eigenvalue weighted by atomic mass is 10.2. The van der Waals surface area contributed by atoms with Gasteiger partial charge in [-0.2, -0.15) is 0 Å². The molecule has 0 bridgehead atoms. The molecule has 20 heavy (non-hydrogen) atoms. The van der Waals surface area contributed by atoms with Crippen LogP contribution in [0.3, 0.4) is 0 Å². The number of benzene rings is 2. The predicted molar refractivity (Wildman–Crippen MR) is 84.9 cm³/mol. The molecular weight excluding hydrogens is 248 g/mol. The number of anilines is 2. The van der Waals surface area contributed by atoms with Gasteiger partial charge in [-0.25, -0.2) is 4.98 Å². The van der Waals surface area contributed by atoms with Crippen molar-refractivity contribution in [2.45, 2.75) is 0 Å². The average Bonchev–Trinajstić information content (AvgIpc) is 2.74. The van der Waals surface area contributed by atoms with Crippen molar-refractivity contribution in [1.29, 1.82) is 0 Å². The third-order valence-electron chi connectivity index (χ3n) is 3.30. The van der Waals surface area contributed by atoms with E-state index in [-0.39, 0.29) is 0 Å². The Morgan fingerprint density at radius 2 is 1.65 bits per heavy atom. The minimum Gasteiger partial charge on any atom is -0.399 e. The molecule has 4 heteroatoms. The van der Waals surface area contributed by atoms with Crippen molar-refractivity contribution >= 4 is 34.6 Å². The Balaban J connectivity index is 1.98. The molecule has 0 aliphatic rings. The van der Waals surface area contributed by atoms with Gasteiger partial charge in [-0.05, 0) is 42.0 Å². The zero-order valence-corrected chi connectivity index (χ0v) is 11.2. The summed E-state index contributed by atoms with van der Waals surface area (Å²) in [5.74, 6) is 0.891. The van der Waals surface area contributed by atoms with Gasteiger partial charge < -0.3 is 16.0 Å². The standard InChI is InChI=1S/C16H16N4/c1-20-15-8-7-13(18)10-14(15)19-16(20)9-4-11-2-5-12(17)6-3-11/h2-10H,17-18H2,1H3. The molecule has 1 heterocycles. The summed E-state index contributed by atoms with van der Waals surface area (Å²) in [5, 5.41) is 0. The summed E-state index contributed by atoms with van der Waals surface area (Å²) in [6.07, 6.45) is 4.01. The lowest BCUT2D eigenvalue weighted by Gasteiger charge is -1.98. The van der Waals surface area contributed by atoms with Crippen molar-refractivity contribution in [1.82, 2.24) is 9.55 Å². The first-order chi connectivity index (χ1) is 9.63. The first-order valence-electron chi connectivity index (χ1n) is 6.39. The summed E-state index contributed by atoms with van der Waals surface area (Å²) in [6, 6.07) is 13.5. The van der Waals surface area contributed by atoms with Gasteiger partial charge in [-0.1, -0.05) is 18.2 Å². The SMILES string of the molecule is Cn1c(C=Cc2ccc(N)cc2)nc2cc(N)ccc21. The highest BCUT2D eigenvalue weighted by atomic mass is 15.1. The molecule has 0 fully saturated rings. The van der Waals surface area contributed by atoms with Gasteiger partial charge in [0, 0.05) is 18.4 Å². The van der Waals surface area contributed by atoms with Crippen LogP contribution >= 0.6 is 0 Å². The number of hydrogen-bond donors (Lipinski definition) is 2. The van der Waals surface area contributed by atoms with E-state index in [1.165, 1.54) is 0 Å². The number of nitrogens with zero attached hydrogens (tertiary/aromatic N) is 2. The average molecular weight is 264 g/mol. The van der Waals surface area contributed by atoms with Crippen LogP contribution in [0.1, 0.15) is 11.4 Å². The van der Waals surface area contributed by atoms with E-state index in [0.29, 0.717) is 0 Å². The Hall–Kier alpha value is -2.75. The second-order valence-electron chi connectivity index (χ2n) is 4.78. The van der Waals surface area contributed by atoms with Gasteiger partial charge in [0.1, 0.15) is 5.82 Å². The van der Waals surface area contributed by atoms with E-state index < -0.39 is 0 Å². The maximum absolute atomic E-state index is 5.78. The normalized spacial score (nSPS) is 11.4. The summed E-state index contributed by atoms with van der Waals surface area (Å²) >= 11 is 0. The molecule has 0 atom stereocenters. The van der Waals surface area contributed by atoms with Gasteiger partial charge in [0.25, 0.3) is 0 Å². The lowest BCUT2D eigenvalue weighted by molar-refractivity contribution is 0.930. The zero-order chi connectivity index (χ0) is 14.1. The van der Waals surface area contributed by atoms with Crippen LogP contribution in [0.15, 0.2) is 42.5 Å². The van der Waals surface area contributed by atoms with Crippen molar-refractivity contribution in [3.63, 3.8) is 0 Å². The Bertz CT molecular complexity index is 782. The predicted octanol–water partition coefficient (Wildman–Crippen LogP) is 2.91. The highest BCUT2D eigenvalue weighted by Gasteiger charge is 2.04. The maximum Gasteiger partial charge on any atom is 0.133 e. The Kier molecular flexibility index (Phi) is 2.91. The summed E-state index contributed by atoms with van der Waals surface area (Å²) in [4.78, 5) is 4.58. The van der Waals surface area contributed by atoms with Crippen molar-refractivity contribution in [3.05, 3.63) is 53.9 Å². The van der Waals surface area contributed by atoms with Crippen LogP contribution in [0.2, 0.25) is 0 Å². The van der Waals surface area contributed by atoms with E-state index in [9.17, 15) is 0 Å². The molecule has 0 aliphatic carbocycles. The third kappa shape index (κ3) is 2.23. The van der Waals surface area contributed by atoms with Crippen LogP contribution in [-0.4, -0.2) is 9.55 Å². The largest absolute Gasteiger partial charge is 0.399 e. The highest BCUT2D eigenvalue weighted by molar-refractivity contribution is 5.82. The molecule has 0 saturated heterocycles. The highest BCUT2D eigenvalue weighted by Crippen LogP contribution is 2.19. The van der Waals surface area contributed by atoms with Crippen molar-refractivity contribution in [2.75, 3.05) is 11.5 Å². The minimum atomic E-state index is 0.727. The molecule has 3 rings (SSSR count).